The number of hydrogen-bond donors (Lipinski definition) is 0. The molecule has 4 rings (SSSR count). The van der Waals surface area contributed by atoms with Gasteiger partial charge in [-0.3, -0.25) is 0 Å². The van der Waals surface area contributed by atoms with Gasteiger partial charge < -0.3 is 9.64 Å². The van der Waals surface area contributed by atoms with Crippen LogP contribution in [0.5, 0.6) is 0 Å². The number of hydrogen-bond acceptors (Lipinski definition) is 5. The molecule has 0 N–H and O–H groups in total. The van der Waals surface area contributed by atoms with E-state index < -0.39 is 16.0 Å². The predicted octanol–water partition coefficient (Wildman–Crippen LogP) is 3.83. The van der Waals surface area contributed by atoms with Gasteiger partial charge in [-0.1, -0.05) is 18.2 Å². The van der Waals surface area contributed by atoms with Gasteiger partial charge in [0.2, 0.25) is 10.0 Å². The van der Waals surface area contributed by atoms with E-state index in [-0.39, 0.29) is 41.8 Å². The van der Waals surface area contributed by atoms with Gasteiger partial charge in [0.15, 0.2) is 0 Å². The third kappa shape index (κ3) is 5.37. The fraction of sp³-hybridized carbons (Fsp3) is 0.208. The van der Waals surface area contributed by atoms with Gasteiger partial charge in [-0.25, -0.2) is 22.0 Å². The van der Waals surface area contributed by atoms with E-state index in [2.05, 4.69) is 0 Å². The summed E-state index contributed by atoms with van der Waals surface area (Å²) < 4.78 is 59.0. The number of anilines is 1. The van der Waals surface area contributed by atoms with E-state index in [0.29, 0.717) is 18.7 Å². The second-order valence-corrected chi connectivity index (χ2v) is 9.54. The fourth-order valence-electron chi connectivity index (χ4n) is 3.58. The average Bonchev–Trinajstić information content (AvgIpc) is 2.84. The molecular formula is C24H22F2N2O4S. The monoisotopic (exact) mass is 472 g/mol. The molecule has 0 atom stereocenters. The molecule has 172 valence electrons. The van der Waals surface area contributed by atoms with Gasteiger partial charge in [0, 0.05) is 31.9 Å². The van der Waals surface area contributed by atoms with Crippen molar-refractivity contribution in [1.29, 1.82) is 0 Å². The van der Waals surface area contributed by atoms with Gasteiger partial charge in [0.25, 0.3) is 0 Å². The molecule has 0 amide bonds. The van der Waals surface area contributed by atoms with Crippen molar-refractivity contribution in [2.45, 2.75) is 11.5 Å². The van der Waals surface area contributed by atoms with Crippen molar-refractivity contribution in [1.82, 2.24) is 4.31 Å². The van der Waals surface area contributed by atoms with Crippen LogP contribution in [0, 0.1) is 11.6 Å². The molecule has 0 aliphatic carbocycles. The van der Waals surface area contributed by atoms with Crippen molar-refractivity contribution in [3.8, 4) is 0 Å². The number of nitrogens with zero attached hydrogens (tertiary/aromatic N) is 2. The van der Waals surface area contributed by atoms with Gasteiger partial charge in [-0.15, -0.1) is 0 Å². The quantitative estimate of drug-likeness (QED) is 0.510. The Bertz CT molecular complexity index is 1220. The van der Waals surface area contributed by atoms with Crippen LogP contribution in [0.15, 0.2) is 77.7 Å². The Morgan fingerprint density at radius 2 is 1.45 bits per heavy atom. The minimum Gasteiger partial charge on any atom is -0.457 e. The molecule has 3 aromatic rings. The second-order valence-electron chi connectivity index (χ2n) is 7.60. The molecule has 0 radical (unpaired) electrons. The Kier molecular flexibility index (Phi) is 6.71. The first kappa shape index (κ1) is 22.9. The summed E-state index contributed by atoms with van der Waals surface area (Å²) in [7, 11) is -3.81. The number of benzene rings is 3. The van der Waals surface area contributed by atoms with Crippen LogP contribution in [0.4, 0.5) is 14.5 Å². The smallest absolute Gasteiger partial charge is 0.338 e. The van der Waals surface area contributed by atoms with Crippen molar-refractivity contribution in [3.63, 3.8) is 0 Å². The third-order valence-electron chi connectivity index (χ3n) is 5.42. The molecular weight excluding hydrogens is 450 g/mol. The molecule has 33 heavy (non-hydrogen) atoms. The first-order valence-corrected chi connectivity index (χ1v) is 11.8. The van der Waals surface area contributed by atoms with E-state index in [1.807, 2.05) is 4.90 Å². The molecule has 0 spiro atoms. The SMILES string of the molecule is O=C(OCc1ccc(F)cc1)c1cccc(S(=O)(=O)N2CCN(c3ccc(F)cc3)CC2)c1. The van der Waals surface area contributed by atoms with E-state index in [1.165, 1.54) is 65.0 Å². The molecule has 9 heteroatoms. The highest BCUT2D eigenvalue weighted by atomic mass is 32.2. The Hall–Kier alpha value is -3.30. The van der Waals surface area contributed by atoms with E-state index in [4.69, 9.17) is 4.74 Å². The summed E-state index contributed by atoms with van der Waals surface area (Å²) in [6.45, 7) is 1.40. The first-order chi connectivity index (χ1) is 15.8. The summed E-state index contributed by atoms with van der Waals surface area (Å²) in [6.07, 6.45) is 0. The van der Waals surface area contributed by atoms with Crippen molar-refractivity contribution < 1.29 is 26.7 Å². The molecule has 0 saturated carbocycles. The average molecular weight is 473 g/mol. The number of carbonyl (C=O) groups is 1. The van der Waals surface area contributed by atoms with Gasteiger partial charge in [0.05, 0.1) is 10.5 Å². The molecule has 1 fully saturated rings. The van der Waals surface area contributed by atoms with E-state index in [9.17, 15) is 22.0 Å². The van der Waals surface area contributed by atoms with Crippen LogP contribution in [0.3, 0.4) is 0 Å². The number of carbonyl (C=O) groups excluding carboxylic acids is 1. The number of sulfonamides is 1. The van der Waals surface area contributed by atoms with E-state index in [0.717, 1.165) is 5.69 Å². The summed E-state index contributed by atoms with van der Waals surface area (Å²) in [5.74, 6) is -1.38. The zero-order valence-corrected chi connectivity index (χ0v) is 18.5. The lowest BCUT2D eigenvalue weighted by Crippen LogP contribution is -2.48. The highest BCUT2D eigenvalue weighted by Crippen LogP contribution is 2.22. The lowest BCUT2D eigenvalue weighted by molar-refractivity contribution is 0.0472. The van der Waals surface area contributed by atoms with E-state index >= 15 is 0 Å². The number of halogens is 2. The predicted molar refractivity (Wildman–Crippen MR) is 119 cm³/mol. The van der Waals surface area contributed by atoms with Crippen LogP contribution >= 0.6 is 0 Å². The van der Waals surface area contributed by atoms with Crippen LogP contribution in [-0.2, 0) is 21.4 Å². The van der Waals surface area contributed by atoms with Crippen LogP contribution < -0.4 is 4.90 Å². The van der Waals surface area contributed by atoms with Crippen molar-refractivity contribution in [2.24, 2.45) is 0 Å². The molecule has 3 aromatic carbocycles. The number of ether oxygens (including phenoxy) is 1. The molecule has 1 saturated heterocycles. The molecule has 6 nitrogen and oxygen atoms in total. The number of esters is 1. The zero-order chi connectivity index (χ0) is 23.4. The lowest BCUT2D eigenvalue weighted by atomic mass is 10.2. The molecule has 0 aromatic heterocycles. The summed E-state index contributed by atoms with van der Waals surface area (Å²) in [5.41, 5.74) is 1.56. The van der Waals surface area contributed by atoms with Gasteiger partial charge in [-0.2, -0.15) is 4.31 Å². The molecule has 1 aliphatic rings. The molecule has 0 bridgehead atoms. The maximum Gasteiger partial charge on any atom is 0.338 e. The van der Waals surface area contributed by atoms with Crippen LogP contribution in [0.1, 0.15) is 15.9 Å². The largest absolute Gasteiger partial charge is 0.457 e. The third-order valence-corrected chi connectivity index (χ3v) is 7.32. The maximum absolute atomic E-state index is 13.1. The summed E-state index contributed by atoms with van der Waals surface area (Å²) in [5, 5.41) is 0. The topological polar surface area (TPSA) is 66.9 Å². The van der Waals surface area contributed by atoms with Gasteiger partial charge in [0.1, 0.15) is 18.2 Å². The molecule has 1 heterocycles. The maximum atomic E-state index is 13.1. The van der Waals surface area contributed by atoms with Gasteiger partial charge >= 0.3 is 5.97 Å². The van der Waals surface area contributed by atoms with Crippen molar-refractivity contribution in [3.05, 3.63) is 95.6 Å². The fourth-order valence-corrected chi connectivity index (χ4v) is 5.05. The highest BCUT2D eigenvalue weighted by molar-refractivity contribution is 7.89. The summed E-state index contributed by atoms with van der Waals surface area (Å²) in [4.78, 5) is 14.4. The molecule has 0 unspecified atom stereocenters. The Morgan fingerprint density at radius 3 is 2.09 bits per heavy atom. The zero-order valence-electron chi connectivity index (χ0n) is 17.7. The highest BCUT2D eigenvalue weighted by Gasteiger charge is 2.29. The first-order valence-electron chi connectivity index (χ1n) is 10.4. The minimum atomic E-state index is -3.81. The normalized spacial score (nSPS) is 14.8. The number of rotatable bonds is 6. The van der Waals surface area contributed by atoms with Crippen molar-refractivity contribution in [2.75, 3.05) is 31.1 Å². The van der Waals surface area contributed by atoms with Crippen molar-refractivity contribution >= 4 is 21.7 Å². The molecule has 1 aliphatic heterocycles. The number of piperazine rings is 1. The van der Waals surface area contributed by atoms with Gasteiger partial charge in [-0.05, 0) is 60.2 Å². The lowest BCUT2D eigenvalue weighted by Gasteiger charge is -2.35. The summed E-state index contributed by atoms with van der Waals surface area (Å²) in [6, 6.07) is 17.4. The Labute approximate surface area is 191 Å². The van der Waals surface area contributed by atoms with Crippen LogP contribution in [-0.4, -0.2) is 44.9 Å². The van der Waals surface area contributed by atoms with Crippen LogP contribution in [0.2, 0.25) is 0 Å². The Balaban J connectivity index is 1.41. The second kappa shape index (κ2) is 9.68. The minimum absolute atomic E-state index is 0.00830. The Morgan fingerprint density at radius 1 is 0.848 bits per heavy atom. The summed E-state index contributed by atoms with van der Waals surface area (Å²) >= 11 is 0. The van der Waals surface area contributed by atoms with Crippen LogP contribution in [0.25, 0.3) is 0 Å². The standard InChI is InChI=1S/C24H22F2N2O4S/c25-20-6-4-18(5-7-20)17-32-24(29)19-2-1-3-23(16-19)33(30,31)28-14-12-27(13-15-28)22-10-8-21(26)9-11-22/h1-11,16H,12-15,17H2. The van der Waals surface area contributed by atoms with E-state index in [1.54, 1.807) is 12.1 Å².